The fourth-order valence-electron chi connectivity index (χ4n) is 5.55. The van der Waals surface area contributed by atoms with Crippen LogP contribution in [0.4, 0.5) is 0 Å². The molecule has 1 aromatic heterocycles. The van der Waals surface area contributed by atoms with Gasteiger partial charge in [0.2, 0.25) is 11.2 Å². The highest BCUT2D eigenvalue weighted by atomic mass is 16.4. The molecule has 0 spiro atoms. The third-order valence-corrected chi connectivity index (χ3v) is 7.02. The first-order valence-corrected chi connectivity index (χ1v) is 9.70. The van der Waals surface area contributed by atoms with Crippen molar-refractivity contribution in [2.75, 3.05) is 0 Å². The van der Waals surface area contributed by atoms with Gasteiger partial charge >= 0.3 is 0 Å². The minimum Gasteiger partial charge on any atom is -0.508 e. The van der Waals surface area contributed by atoms with E-state index in [4.69, 9.17) is 4.42 Å². The zero-order valence-corrected chi connectivity index (χ0v) is 14.8. The van der Waals surface area contributed by atoms with Crippen LogP contribution in [0.2, 0.25) is 0 Å². The number of hydrogen-bond donors (Lipinski definition) is 2. The Morgan fingerprint density at radius 3 is 2.48 bits per heavy atom. The minimum absolute atomic E-state index is 0.122. The third kappa shape index (κ3) is 2.19. The van der Waals surface area contributed by atoms with Crippen molar-refractivity contribution in [2.24, 2.45) is 29.6 Å². The molecule has 3 atom stereocenters. The van der Waals surface area contributed by atoms with Crippen molar-refractivity contribution >= 4 is 11.0 Å². The Morgan fingerprint density at radius 2 is 1.74 bits per heavy atom. The highest BCUT2D eigenvalue weighted by Gasteiger charge is 2.76. The van der Waals surface area contributed by atoms with E-state index >= 15 is 0 Å². The molecule has 3 unspecified atom stereocenters. The predicted molar refractivity (Wildman–Crippen MR) is 102 cm³/mol. The van der Waals surface area contributed by atoms with Crippen LogP contribution in [0.25, 0.3) is 22.3 Å². The molecule has 3 aromatic rings. The van der Waals surface area contributed by atoms with E-state index in [1.807, 2.05) is 12.1 Å². The van der Waals surface area contributed by atoms with Crippen LogP contribution in [0.5, 0.6) is 11.5 Å². The Balaban J connectivity index is 1.39. The molecule has 4 fully saturated rings. The van der Waals surface area contributed by atoms with Gasteiger partial charge in [-0.1, -0.05) is 6.07 Å². The molecule has 4 nitrogen and oxygen atoms in total. The van der Waals surface area contributed by atoms with Crippen molar-refractivity contribution in [1.29, 1.82) is 0 Å². The summed E-state index contributed by atoms with van der Waals surface area (Å²) < 4.78 is 5.94. The molecule has 0 aliphatic heterocycles. The molecule has 27 heavy (non-hydrogen) atoms. The zero-order chi connectivity index (χ0) is 18.3. The highest BCUT2D eigenvalue weighted by molar-refractivity contribution is 5.82. The topological polar surface area (TPSA) is 70.7 Å². The maximum atomic E-state index is 12.6. The van der Waals surface area contributed by atoms with E-state index in [0.717, 1.165) is 36.0 Å². The number of aromatic hydroxyl groups is 2. The van der Waals surface area contributed by atoms with E-state index in [2.05, 4.69) is 0 Å². The van der Waals surface area contributed by atoms with E-state index in [1.165, 1.54) is 30.5 Å². The van der Waals surface area contributed by atoms with Gasteiger partial charge in [0, 0.05) is 5.56 Å². The molecule has 2 aromatic carbocycles. The summed E-state index contributed by atoms with van der Waals surface area (Å²) in [7, 11) is 0. The number of phenols is 1. The van der Waals surface area contributed by atoms with Crippen molar-refractivity contribution in [3.8, 4) is 22.8 Å². The normalized spacial score (nSPS) is 30.1. The first kappa shape index (κ1) is 15.3. The summed E-state index contributed by atoms with van der Waals surface area (Å²) in [5.74, 6) is 4.70. The van der Waals surface area contributed by atoms with Crippen molar-refractivity contribution in [3.05, 3.63) is 58.3 Å². The molecule has 0 amide bonds. The summed E-state index contributed by atoms with van der Waals surface area (Å²) in [4.78, 5) is 12.6. The lowest BCUT2D eigenvalue weighted by Gasteiger charge is -2.29. The van der Waals surface area contributed by atoms with Crippen LogP contribution in [0, 0.1) is 29.6 Å². The van der Waals surface area contributed by atoms with Crippen LogP contribution in [0.3, 0.4) is 0 Å². The van der Waals surface area contributed by atoms with Gasteiger partial charge in [0.15, 0.2) is 5.76 Å². The fraction of sp³-hybridized carbons (Fsp3) is 0.348. The van der Waals surface area contributed by atoms with Gasteiger partial charge in [-0.3, -0.25) is 4.79 Å². The first-order chi connectivity index (χ1) is 13.1. The summed E-state index contributed by atoms with van der Waals surface area (Å²) >= 11 is 0. The number of hydrogen-bond acceptors (Lipinski definition) is 4. The van der Waals surface area contributed by atoms with Gasteiger partial charge < -0.3 is 14.6 Å². The quantitative estimate of drug-likeness (QED) is 0.730. The second-order valence-corrected chi connectivity index (χ2v) is 8.42. The average molecular weight is 360 g/mol. The first-order valence-electron chi connectivity index (χ1n) is 9.70. The lowest BCUT2D eigenvalue weighted by atomic mass is 9.76. The molecule has 2 N–H and O–H groups in total. The standard InChI is InChI=1S/C23H20O4/c24-14-5-2-12(3-6-14)23-22(26)21(25)15-7-1-11(10-17(15)27-23)9-13-4-8-16-19-18(13)20(16)19/h1-3,5-7,10,13,16,18-20,24,26H,4,8-9H2. The number of phenolic OH excluding ortho intramolecular Hbond substituents is 1. The van der Waals surface area contributed by atoms with Gasteiger partial charge in [-0.2, -0.15) is 0 Å². The molecule has 4 saturated carbocycles. The van der Waals surface area contributed by atoms with Gasteiger partial charge in [-0.25, -0.2) is 0 Å². The lowest BCUT2D eigenvalue weighted by Crippen LogP contribution is -2.22. The third-order valence-electron chi connectivity index (χ3n) is 7.02. The minimum atomic E-state index is -0.421. The van der Waals surface area contributed by atoms with Crippen LogP contribution >= 0.6 is 0 Å². The summed E-state index contributed by atoms with van der Waals surface area (Å²) in [5, 5.41) is 20.2. The summed E-state index contributed by atoms with van der Waals surface area (Å²) in [6, 6.07) is 12.0. The average Bonchev–Trinajstić information content (AvgIpc) is 3.58. The lowest BCUT2D eigenvalue weighted by molar-refractivity contribution is 0.228. The molecule has 0 radical (unpaired) electrons. The molecular weight excluding hydrogens is 340 g/mol. The van der Waals surface area contributed by atoms with Gasteiger partial charge in [0.1, 0.15) is 11.3 Å². The zero-order valence-electron chi connectivity index (χ0n) is 14.8. The van der Waals surface area contributed by atoms with E-state index in [9.17, 15) is 15.0 Å². The van der Waals surface area contributed by atoms with Gasteiger partial charge in [0.05, 0.1) is 5.39 Å². The molecule has 2 bridgehead atoms. The summed E-state index contributed by atoms with van der Waals surface area (Å²) in [6.45, 7) is 0. The number of fused-ring (bicyclic) bond motifs is 3. The van der Waals surface area contributed by atoms with E-state index in [0.29, 0.717) is 16.5 Å². The molecular formula is C23H20O4. The molecule has 4 aliphatic rings. The van der Waals surface area contributed by atoms with E-state index < -0.39 is 11.2 Å². The van der Waals surface area contributed by atoms with Crippen molar-refractivity contribution < 1.29 is 14.6 Å². The summed E-state index contributed by atoms with van der Waals surface area (Å²) in [5.41, 5.74) is 1.84. The molecule has 4 aliphatic carbocycles. The predicted octanol–water partition coefficient (Wildman–Crippen LogP) is 4.32. The van der Waals surface area contributed by atoms with Crippen molar-refractivity contribution in [2.45, 2.75) is 19.3 Å². The second kappa shape index (κ2) is 5.16. The second-order valence-electron chi connectivity index (χ2n) is 8.42. The Hall–Kier alpha value is -2.75. The van der Waals surface area contributed by atoms with Crippen LogP contribution in [-0.2, 0) is 6.42 Å². The Bertz CT molecular complexity index is 1120. The smallest absolute Gasteiger partial charge is 0.235 e. The Kier molecular flexibility index (Phi) is 2.93. The van der Waals surface area contributed by atoms with Crippen molar-refractivity contribution in [3.63, 3.8) is 0 Å². The highest BCUT2D eigenvalue weighted by Crippen LogP contribution is 2.80. The number of benzene rings is 2. The maximum absolute atomic E-state index is 12.6. The molecule has 0 saturated heterocycles. The Morgan fingerprint density at radius 1 is 0.963 bits per heavy atom. The van der Waals surface area contributed by atoms with Crippen LogP contribution in [0.15, 0.2) is 51.7 Å². The molecule has 1 heterocycles. The largest absolute Gasteiger partial charge is 0.508 e. The van der Waals surface area contributed by atoms with E-state index in [1.54, 1.807) is 18.2 Å². The molecule has 7 rings (SSSR count). The van der Waals surface area contributed by atoms with Crippen LogP contribution < -0.4 is 5.43 Å². The summed E-state index contributed by atoms with van der Waals surface area (Å²) in [6.07, 6.45) is 3.75. The van der Waals surface area contributed by atoms with Gasteiger partial charge in [0.25, 0.3) is 0 Å². The fourth-order valence-corrected chi connectivity index (χ4v) is 5.55. The van der Waals surface area contributed by atoms with E-state index in [-0.39, 0.29) is 11.5 Å². The number of rotatable bonds is 3. The van der Waals surface area contributed by atoms with Gasteiger partial charge in [-0.05, 0) is 90.8 Å². The maximum Gasteiger partial charge on any atom is 0.235 e. The van der Waals surface area contributed by atoms with Crippen LogP contribution in [0.1, 0.15) is 18.4 Å². The SMILES string of the molecule is O=c1c(O)c(-c2ccc(O)cc2)oc2cc(CC3CCC4C5C3C45)ccc12. The molecule has 136 valence electrons. The Labute approximate surface area is 156 Å². The molecule has 4 heteroatoms. The van der Waals surface area contributed by atoms with Crippen molar-refractivity contribution in [1.82, 2.24) is 0 Å². The van der Waals surface area contributed by atoms with Gasteiger partial charge in [-0.15, -0.1) is 0 Å². The van der Waals surface area contributed by atoms with Crippen LogP contribution in [-0.4, -0.2) is 10.2 Å². The monoisotopic (exact) mass is 360 g/mol.